The van der Waals surface area contributed by atoms with Crippen LogP contribution in [0.5, 0.6) is 0 Å². The van der Waals surface area contributed by atoms with Gasteiger partial charge in [0.1, 0.15) is 12.1 Å². The van der Waals surface area contributed by atoms with E-state index in [0.29, 0.717) is 19.4 Å². The quantitative estimate of drug-likeness (QED) is 0.784. The van der Waals surface area contributed by atoms with E-state index in [1.807, 2.05) is 4.90 Å². The summed E-state index contributed by atoms with van der Waals surface area (Å²) in [5, 5.41) is 5.03. The second-order valence-corrected chi connectivity index (χ2v) is 9.23. The van der Waals surface area contributed by atoms with Gasteiger partial charge in [0.05, 0.1) is 6.04 Å². The first-order valence-corrected chi connectivity index (χ1v) is 11.4. The predicted molar refractivity (Wildman–Crippen MR) is 108 cm³/mol. The van der Waals surface area contributed by atoms with Crippen LogP contribution in [0.15, 0.2) is 11.4 Å². The summed E-state index contributed by atoms with van der Waals surface area (Å²) in [6.07, 6.45) is 8.32. The molecule has 28 heavy (non-hydrogen) atoms. The van der Waals surface area contributed by atoms with Crippen molar-refractivity contribution in [3.05, 3.63) is 21.9 Å². The summed E-state index contributed by atoms with van der Waals surface area (Å²) in [5.41, 5.74) is 0.436. The molecule has 152 valence electrons. The third kappa shape index (κ3) is 3.34. The van der Waals surface area contributed by atoms with Gasteiger partial charge in [-0.05, 0) is 42.7 Å². The highest BCUT2D eigenvalue weighted by Gasteiger charge is 2.51. The highest BCUT2D eigenvalue weighted by molar-refractivity contribution is 7.10. The molecule has 4 amide bonds. The zero-order valence-corrected chi connectivity index (χ0v) is 17.4. The monoisotopic (exact) mass is 403 g/mol. The largest absolute Gasteiger partial charge is 0.334 e. The summed E-state index contributed by atoms with van der Waals surface area (Å²) in [6.45, 7) is 2.58. The second kappa shape index (κ2) is 7.85. The molecule has 6 nitrogen and oxygen atoms in total. The van der Waals surface area contributed by atoms with Crippen molar-refractivity contribution in [2.75, 3.05) is 13.1 Å². The minimum Gasteiger partial charge on any atom is -0.334 e. The molecule has 1 saturated carbocycles. The van der Waals surface area contributed by atoms with Gasteiger partial charge in [-0.25, -0.2) is 4.79 Å². The van der Waals surface area contributed by atoms with Crippen LogP contribution in [0.25, 0.3) is 0 Å². The van der Waals surface area contributed by atoms with Gasteiger partial charge in [0.15, 0.2) is 0 Å². The lowest BCUT2D eigenvalue weighted by Crippen LogP contribution is -2.49. The molecule has 2 fully saturated rings. The lowest BCUT2D eigenvalue weighted by atomic mass is 9.84. The smallest absolute Gasteiger partial charge is 0.325 e. The molecule has 7 heteroatoms. The van der Waals surface area contributed by atoms with E-state index in [4.69, 9.17) is 0 Å². The molecule has 0 aromatic carbocycles. The Morgan fingerprint density at radius 1 is 1.21 bits per heavy atom. The summed E-state index contributed by atoms with van der Waals surface area (Å²) in [5.74, 6) is -0.330. The Hall–Kier alpha value is -1.89. The van der Waals surface area contributed by atoms with Crippen molar-refractivity contribution in [1.29, 1.82) is 0 Å². The fraction of sp³-hybridized carbons (Fsp3) is 0.667. The normalized spacial score (nSPS) is 24.7. The number of nitrogens with zero attached hydrogens (tertiary/aromatic N) is 2. The Kier molecular flexibility index (Phi) is 5.45. The van der Waals surface area contributed by atoms with Crippen molar-refractivity contribution in [3.63, 3.8) is 0 Å². The molecule has 2 aliphatic heterocycles. The van der Waals surface area contributed by atoms with Crippen molar-refractivity contribution in [2.24, 2.45) is 0 Å². The van der Waals surface area contributed by atoms with E-state index < -0.39 is 11.6 Å². The Labute approximate surface area is 170 Å². The average molecular weight is 404 g/mol. The van der Waals surface area contributed by atoms with E-state index >= 15 is 0 Å². The average Bonchev–Trinajstić information content (AvgIpc) is 3.23. The molecule has 3 heterocycles. The highest BCUT2D eigenvalue weighted by atomic mass is 32.1. The maximum Gasteiger partial charge on any atom is 0.325 e. The molecular formula is C21H29N3O3S. The van der Waals surface area contributed by atoms with Crippen LogP contribution in [0.4, 0.5) is 4.79 Å². The van der Waals surface area contributed by atoms with Gasteiger partial charge in [0.25, 0.3) is 5.91 Å². The number of imide groups is 1. The number of thiophene rings is 1. The fourth-order valence-electron chi connectivity index (χ4n) is 5.03. The third-order valence-electron chi connectivity index (χ3n) is 6.55. The molecule has 4 rings (SSSR count). The highest BCUT2D eigenvalue weighted by Crippen LogP contribution is 2.36. The molecule has 1 aromatic rings. The number of nitrogens with one attached hydrogen (secondary N) is 1. The van der Waals surface area contributed by atoms with Crippen LogP contribution in [0.1, 0.15) is 74.8 Å². The van der Waals surface area contributed by atoms with Crippen LogP contribution in [0.3, 0.4) is 0 Å². The number of urea groups is 1. The van der Waals surface area contributed by atoms with Gasteiger partial charge in [-0.3, -0.25) is 14.5 Å². The zero-order chi connectivity index (χ0) is 19.7. The molecule has 1 N–H and O–H groups in total. The van der Waals surface area contributed by atoms with Gasteiger partial charge >= 0.3 is 6.03 Å². The minimum atomic E-state index is -0.787. The molecule has 1 spiro atoms. The topological polar surface area (TPSA) is 69.7 Å². The Morgan fingerprint density at radius 3 is 2.64 bits per heavy atom. The first-order chi connectivity index (χ1) is 13.6. The SMILES string of the molecule is CCC1c2ccsc2CCN1C(=O)CN1C(=O)NC2(CCCCCCC2)C1=O. The van der Waals surface area contributed by atoms with Crippen LogP contribution in [0.2, 0.25) is 0 Å². The number of hydrogen-bond acceptors (Lipinski definition) is 4. The number of carbonyl (C=O) groups is 3. The van der Waals surface area contributed by atoms with Gasteiger partial charge in [0.2, 0.25) is 5.91 Å². The van der Waals surface area contributed by atoms with E-state index in [0.717, 1.165) is 38.5 Å². The Bertz CT molecular complexity index is 767. The maximum atomic E-state index is 13.2. The molecule has 1 aliphatic carbocycles. The maximum absolute atomic E-state index is 13.2. The molecule has 3 aliphatic rings. The van der Waals surface area contributed by atoms with Crippen LogP contribution >= 0.6 is 11.3 Å². The molecule has 1 saturated heterocycles. The standard InChI is InChI=1S/C21H29N3O3S/c1-2-16-15-9-13-28-17(15)8-12-23(16)18(25)14-24-19(26)21(22-20(24)27)10-6-4-3-5-7-11-21/h9,13,16H,2-8,10-12,14H2,1H3,(H,22,27). The van der Waals surface area contributed by atoms with E-state index in [1.54, 1.807) is 11.3 Å². The number of amides is 4. The first-order valence-electron chi connectivity index (χ1n) is 10.6. The lowest BCUT2D eigenvalue weighted by molar-refractivity contribution is -0.141. The van der Waals surface area contributed by atoms with Crippen LogP contribution in [-0.4, -0.2) is 46.3 Å². The van der Waals surface area contributed by atoms with Gasteiger partial charge in [-0.1, -0.05) is 39.0 Å². The van der Waals surface area contributed by atoms with Crippen molar-refractivity contribution in [2.45, 2.75) is 76.3 Å². The van der Waals surface area contributed by atoms with Gasteiger partial charge in [-0.15, -0.1) is 11.3 Å². The van der Waals surface area contributed by atoms with Crippen molar-refractivity contribution < 1.29 is 14.4 Å². The number of carbonyl (C=O) groups excluding carboxylic acids is 3. The fourth-order valence-corrected chi connectivity index (χ4v) is 5.96. The number of fused-ring (bicyclic) bond motifs is 1. The molecule has 0 radical (unpaired) electrons. The second-order valence-electron chi connectivity index (χ2n) is 8.23. The van der Waals surface area contributed by atoms with Gasteiger partial charge < -0.3 is 10.2 Å². The Balaban J connectivity index is 1.48. The predicted octanol–water partition coefficient (Wildman–Crippen LogP) is 3.62. The summed E-state index contributed by atoms with van der Waals surface area (Å²) >= 11 is 1.74. The minimum absolute atomic E-state index is 0.0404. The molecule has 1 atom stereocenters. The number of hydrogen-bond donors (Lipinski definition) is 1. The lowest BCUT2D eigenvalue weighted by Gasteiger charge is -2.36. The van der Waals surface area contributed by atoms with E-state index in [-0.39, 0.29) is 24.4 Å². The molecule has 1 unspecified atom stereocenters. The van der Waals surface area contributed by atoms with Crippen LogP contribution in [-0.2, 0) is 16.0 Å². The van der Waals surface area contributed by atoms with Crippen molar-refractivity contribution >= 4 is 29.2 Å². The first kappa shape index (κ1) is 19.4. The van der Waals surface area contributed by atoms with E-state index in [9.17, 15) is 14.4 Å². The molecule has 0 bridgehead atoms. The summed E-state index contributed by atoms with van der Waals surface area (Å²) in [6, 6.07) is 1.74. The molecular weight excluding hydrogens is 374 g/mol. The number of rotatable bonds is 3. The van der Waals surface area contributed by atoms with Crippen molar-refractivity contribution in [1.82, 2.24) is 15.1 Å². The van der Waals surface area contributed by atoms with Crippen LogP contribution in [0, 0.1) is 0 Å². The van der Waals surface area contributed by atoms with Crippen LogP contribution < -0.4 is 5.32 Å². The van der Waals surface area contributed by atoms with E-state index in [2.05, 4.69) is 23.7 Å². The summed E-state index contributed by atoms with van der Waals surface area (Å²) in [7, 11) is 0. The van der Waals surface area contributed by atoms with E-state index in [1.165, 1.54) is 21.8 Å². The third-order valence-corrected chi connectivity index (χ3v) is 7.54. The summed E-state index contributed by atoms with van der Waals surface area (Å²) in [4.78, 5) is 43.2. The summed E-state index contributed by atoms with van der Waals surface area (Å²) < 4.78 is 0. The van der Waals surface area contributed by atoms with Gasteiger partial charge in [0, 0.05) is 11.4 Å². The molecule has 1 aromatic heterocycles. The Morgan fingerprint density at radius 2 is 1.93 bits per heavy atom. The zero-order valence-electron chi connectivity index (χ0n) is 16.5. The van der Waals surface area contributed by atoms with Crippen molar-refractivity contribution in [3.8, 4) is 0 Å². The van der Waals surface area contributed by atoms with Gasteiger partial charge in [-0.2, -0.15) is 0 Å².